The van der Waals surface area contributed by atoms with Gasteiger partial charge in [0.05, 0.1) is 17.8 Å². The van der Waals surface area contributed by atoms with Gasteiger partial charge in [0.15, 0.2) is 0 Å². The summed E-state index contributed by atoms with van der Waals surface area (Å²) in [7, 11) is -2.56. The van der Waals surface area contributed by atoms with Gasteiger partial charge in [0.1, 0.15) is 18.5 Å². The quantitative estimate of drug-likeness (QED) is 0.136. The highest BCUT2D eigenvalue weighted by Crippen LogP contribution is 2.28. The number of aliphatic hydroxyl groups is 1. The summed E-state index contributed by atoms with van der Waals surface area (Å²) in [5, 5.41) is 15.7. The Kier molecular flexibility index (Phi) is 9.96. The maximum atomic E-state index is 11.5. The second-order valence-electron chi connectivity index (χ2n) is 12.1. The Morgan fingerprint density at radius 3 is 2.04 bits per heavy atom. The fourth-order valence-electron chi connectivity index (χ4n) is 6.01. The Labute approximate surface area is 277 Å². The normalized spacial score (nSPS) is 12.4. The van der Waals surface area contributed by atoms with Crippen LogP contribution in [-0.4, -0.2) is 18.4 Å². The summed E-state index contributed by atoms with van der Waals surface area (Å²) >= 11 is 6.16. The van der Waals surface area contributed by atoms with Crippen LogP contribution in [0, 0.1) is 5.92 Å². The molecule has 0 amide bonds. The second-order valence-corrected chi connectivity index (χ2v) is 16.0. The SMILES string of the molecule is CC(C)C[Si](OCc1cccc(C(O)c2cccc(OCc3ccc4ccc(Cl)cc4n3)c2)c1)(c1ccccc1)c1ccccc1. The zero-order valence-electron chi connectivity index (χ0n) is 26.1. The number of rotatable bonds is 12. The molecular weight excluding hydrogens is 606 g/mol. The highest BCUT2D eigenvalue weighted by molar-refractivity contribution is 6.97. The first-order chi connectivity index (χ1) is 22.4. The van der Waals surface area contributed by atoms with E-state index in [1.54, 1.807) is 0 Å². The average molecular weight is 644 g/mol. The number of fused-ring (bicyclic) bond motifs is 1. The van der Waals surface area contributed by atoms with Crippen molar-refractivity contribution in [2.24, 2.45) is 5.92 Å². The Morgan fingerprint density at radius 1 is 0.696 bits per heavy atom. The van der Waals surface area contributed by atoms with Crippen LogP contribution in [-0.2, 0) is 17.6 Å². The van der Waals surface area contributed by atoms with Crippen LogP contribution >= 0.6 is 11.6 Å². The Balaban J connectivity index is 1.19. The number of aliphatic hydroxyl groups excluding tert-OH is 1. The van der Waals surface area contributed by atoms with Gasteiger partial charge in [0, 0.05) is 10.4 Å². The van der Waals surface area contributed by atoms with Crippen molar-refractivity contribution in [3.8, 4) is 5.75 Å². The van der Waals surface area contributed by atoms with Crippen LogP contribution in [0.2, 0.25) is 11.1 Å². The van der Waals surface area contributed by atoms with Crippen LogP contribution in [0.25, 0.3) is 10.9 Å². The molecule has 0 saturated heterocycles. The van der Waals surface area contributed by atoms with Crippen molar-refractivity contribution >= 4 is 41.2 Å². The molecule has 1 atom stereocenters. The molecule has 1 N–H and O–H groups in total. The third-order valence-corrected chi connectivity index (χ3v) is 13.0. The summed E-state index contributed by atoms with van der Waals surface area (Å²) in [6, 6.07) is 47.7. The second kappa shape index (κ2) is 14.4. The summed E-state index contributed by atoms with van der Waals surface area (Å²) in [4.78, 5) is 4.69. The smallest absolute Gasteiger partial charge is 0.256 e. The first-order valence-electron chi connectivity index (χ1n) is 15.7. The van der Waals surface area contributed by atoms with Crippen LogP contribution in [0.3, 0.4) is 0 Å². The molecule has 46 heavy (non-hydrogen) atoms. The van der Waals surface area contributed by atoms with Gasteiger partial charge in [0.25, 0.3) is 8.32 Å². The van der Waals surface area contributed by atoms with Crippen molar-refractivity contribution in [2.75, 3.05) is 0 Å². The minimum atomic E-state index is -2.56. The lowest BCUT2D eigenvalue weighted by atomic mass is 10.00. The predicted octanol–water partition coefficient (Wildman–Crippen LogP) is 8.48. The molecule has 0 saturated carbocycles. The standard InChI is InChI=1S/C40H38ClNO3Si/c1-29(2)28-46(37-15-5-3-6-16-37,38-17-7-4-8-18-38)45-26-30-11-9-12-32(23-30)40(43)33-13-10-14-36(24-33)44-27-35-22-20-31-19-21-34(41)25-39(31)42-35/h3-25,29,40,43H,26-28H2,1-2H3. The van der Waals surface area contributed by atoms with E-state index in [-0.39, 0.29) is 0 Å². The topological polar surface area (TPSA) is 51.6 Å². The lowest BCUT2D eigenvalue weighted by Gasteiger charge is -2.34. The highest BCUT2D eigenvalue weighted by atomic mass is 35.5. The highest BCUT2D eigenvalue weighted by Gasteiger charge is 2.40. The summed E-state index contributed by atoms with van der Waals surface area (Å²) in [5.74, 6) is 1.13. The van der Waals surface area contributed by atoms with E-state index in [0.29, 0.717) is 29.9 Å². The first kappa shape index (κ1) is 31.7. The molecule has 0 aliphatic heterocycles. The number of hydrogen-bond donors (Lipinski definition) is 1. The van der Waals surface area contributed by atoms with Gasteiger partial charge in [-0.05, 0) is 69.4 Å². The van der Waals surface area contributed by atoms with Crippen LogP contribution < -0.4 is 15.1 Å². The minimum Gasteiger partial charge on any atom is -0.487 e. The van der Waals surface area contributed by atoms with Gasteiger partial charge in [-0.1, -0.05) is 135 Å². The van der Waals surface area contributed by atoms with Crippen molar-refractivity contribution in [2.45, 2.75) is 39.2 Å². The van der Waals surface area contributed by atoms with E-state index in [0.717, 1.165) is 39.3 Å². The van der Waals surface area contributed by atoms with E-state index < -0.39 is 14.4 Å². The molecule has 1 aromatic heterocycles. The molecule has 0 spiro atoms. The maximum Gasteiger partial charge on any atom is 0.256 e. The number of benzene rings is 5. The van der Waals surface area contributed by atoms with E-state index in [1.807, 2.05) is 72.8 Å². The van der Waals surface area contributed by atoms with Crippen LogP contribution in [0.5, 0.6) is 5.75 Å². The van der Waals surface area contributed by atoms with E-state index in [2.05, 4.69) is 85.6 Å². The number of halogens is 1. The van der Waals surface area contributed by atoms with Gasteiger partial charge in [-0.3, -0.25) is 0 Å². The van der Waals surface area contributed by atoms with Gasteiger partial charge in [0.2, 0.25) is 0 Å². The van der Waals surface area contributed by atoms with Crippen LogP contribution in [0.15, 0.2) is 140 Å². The van der Waals surface area contributed by atoms with Gasteiger partial charge in [-0.2, -0.15) is 0 Å². The predicted molar refractivity (Wildman–Crippen MR) is 190 cm³/mol. The molecule has 232 valence electrons. The number of pyridine rings is 1. The third-order valence-electron chi connectivity index (χ3n) is 8.20. The lowest BCUT2D eigenvalue weighted by Crippen LogP contribution is -2.61. The molecule has 0 radical (unpaired) electrons. The van der Waals surface area contributed by atoms with E-state index in [4.69, 9.17) is 20.8 Å². The van der Waals surface area contributed by atoms with Crippen molar-refractivity contribution in [3.05, 3.63) is 167 Å². The monoisotopic (exact) mass is 643 g/mol. The van der Waals surface area contributed by atoms with Gasteiger partial charge in [-0.25, -0.2) is 4.98 Å². The zero-order valence-corrected chi connectivity index (χ0v) is 27.9. The Hall–Kier alpha value is -4.26. The van der Waals surface area contributed by atoms with Crippen LogP contribution in [0.4, 0.5) is 0 Å². The largest absolute Gasteiger partial charge is 0.487 e. The summed E-state index contributed by atoms with van der Waals surface area (Å²) in [6.45, 7) is 5.29. The maximum absolute atomic E-state index is 11.5. The number of nitrogens with zero attached hydrogens (tertiary/aromatic N) is 1. The van der Waals surface area contributed by atoms with Crippen LogP contribution in [0.1, 0.15) is 42.3 Å². The Bertz CT molecular complexity index is 1860. The van der Waals surface area contributed by atoms with Crippen molar-refractivity contribution in [1.82, 2.24) is 4.98 Å². The average Bonchev–Trinajstić information content (AvgIpc) is 3.09. The lowest BCUT2D eigenvalue weighted by molar-refractivity contribution is 0.218. The molecule has 6 heteroatoms. The molecular formula is C40H38ClNO3Si. The number of ether oxygens (including phenoxy) is 1. The molecule has 6 aromatic rings. The fraction of sp³-hybridized carbons (Fsp3) is 0.175. The molecule has 1 unspecified atom stereocenters. The summed E-state index contributed by atoms with van der Waals surface area (Å²) in [6.07, 6.45) is -0.814. The third kappa shape index (κ3) is 7.40. The minimum absolute atomic E-state index is 0.305. The molecule has 0 aliphatic rings. The van der Waals surface area contributed by atoms with Gasteiger partial charge < -0.3 is 14.3 Å². The Morgan fingerprint density at radius 2 is 1.35 bits per heavy atom. The molecule has 6 rings (SSSR count). The van der Waals surface area contributed by atoms with Gasteiger partial charge >= 0.3 is 0 Å². The van der Waals surface area contributed by atoms with E-state index in [9.17, 15) is 5.11 Å². The number of aromatic nitrogens is 1. The summed E-state index contributed by atoms with van der Waals surface area (Å²) < 4.78 is 13.2. The summed E-state index contributed by atoms with van der Waals surface area (Å²) in [5.41, 5.74) is 4.22. The van der Waals surface area contributed by atoms with Crippen molar-refractivity contribution < 1.29 is 14.3 Å². The first-order valence-corrected chi connectivity index (χ1v) is 18.2. The fourth-order valence-corrected chi connectivity index (χ4v) is 10.5. The van der Waals surface area contributed by atoms with Crippen molar-refractivity contribution in [3.63, 3.8) is 0 Å². The molecule has 0 bridgehead atoms. The molecule has 0 aliphatic carbocycles. The molecule has 0 fully saturated rings. The molecule has 5 aromatic carbocycles. The molecule has 4 nitrogen and oxygen atoms in total. The number of hydrogen-bond acceptors (Lipinski definition) is 4. The van der Waals surface area contributed by atoms with Gasteiger partial charge in [-0.15, -0.1) is 0 Å². The van der Waals surface area contributed by atoms with E-state index >= 15 is 0 Å². The molecule has 1 heterocycles. The van der Waals surface area contributed by atoms with E-state index in [1.165, 1.54) is 10.4 Å². The zero-order chi connectivity index (χ0) is 31.9. The van der Waals surface area contributed by atoms with Crippen molar-refractivity contribution in [1.29, 1.82) is 0 Å².